The summed E-state index contributed by atoms with van der Waals surface area (Å²) in [6, 6.07) is 3.07. The molecular formula is C37H54N2O5S. The van der Waals surface area contributed by atoms with Gasteiger partial charge in [-0.3, -0.25) is 9.59 Å². The van der Waals surface area contributed by atoms with Gasteiger partial charge in [-0.1, -0.05) is 95.4 Å². The van der Waals surface area contributed by atoms with Crippen molar-refractivity contribution in [3.63, 3.8) is 0 Å². The predicted octanol–water partition coefficient (Wildman–Crippen LogP) is 8.99. The van der Waals surface area contributed by atoms with Gasteiger partial charge in [-0.15, -0.1) is 11.8 Å². The number of nitrogens with one attached hydrogen (secondary N) is 2. The number of phenols is 1. The Bertz CT molecular complexity index is 1200. The number of benzene rings is 1. The highest BCUT2D eigenvalue weighted by Crippen LogP contribution is 2.34. The van der Waals surface area contributed by atoms with E-state index in [1.165, 1.54) is 18.2 Å². The fourth-order valence-electron chi connectivity index (χ4n) is 4.54. The first-order valence-corrected chi connectivity index (χ1v) is 17.2. The third-order valence-electron chi connectivity index (χ3n) is 7.20. The second-order valence-electron chi connectivity index (χ2n) is 11.2. The van der Waals surface area contributed by atoms with Gasteiger partial charge in [0.05, 0.1) is 4.75 Å². The van der Waals surface area contributed by atoms with Gasteiger partial charge in [-0.05, 0) is 87.7 Å². The monoisotopic (exact) mass is 638 g/mol. The summed E-state index contributed by atoms with van der Waals surface area (Å²) in [6.45, 7) is 10.1. The zero-order valence-electron chi connectivity index (χ0n) is 27.8. The molecule has 1 unspecified atom stereocenters. The van der Waals surface area contributed by atoms with Crippen LogP contribution >= 0.6 is 11.8 Å². The number of amides is 2. The fraction of sp³-hybridized carbons (Fsp3) is 0.486. The van der Waals surface area contributed by atoms with Crippen LogP contribution in [0.3, 0.4) is 0 Å². The number of thioether (sulfide) groups is 1. The van der Waals surface area contributed by atoms with E-state index in [9.17, 15) is 24.6 Å². The van der Waals surface area contributed by atoms with Crippen LogP contribution in [0.5, 0.6) is 5.75 Å². The molecule has 7 nitrogen and oxygen atoms in total. The summed E-state index contributed by atoms with van der Waals surface area (Å²) in [5, 5.41) is 24.8. The summed E-state index contributed by atoms with van der Waals surface area (Å²) >= 11 is 1.62. The van der Waals surface area contributed by atoms with Crippen LogP contribution in [0.15, 0.2) is 79.0 Å². The number of carboxylic acid groups (broad SMARTS) is 1. The van der Waals surface area contributed by atoms with Crippen molar-refractivity contribution in [3.8, 4) is 5.75 Å². The Morgan fingerprint density at radius 3 is 1.87 bits per heavy atom. The molecule has 0 radical (unpaired) electrons. The summed E-state index contributed by atoms with van der Waals surface area (Å²) in [5.41, 5.74) is -0.0703. The van der Waals surface area contributed by atoms with E-state index >= 15 is 0 Å². The van der Waals surface area contributed by atoms with Crippen LogP contribution in [-0.4, -0.2) is 44.5 Å². The zero-order valence-corrected chi connectivity index (χ0v) is 28.6. The Balaban J connectivity index is 2.62. The lowest BCUT2D eigenvalue weighted by molar-refractivity contribution is -0.128. The highest BCUT2D eigenvalue weighted by Gasteiger charge is 2.37. The second kappa shape index (κ2) is 22.9. The molecule has 0 spiro atoms. The van der Waals surface area contributed by atoms with Crippen LogP contribution < -0.4 is 10.6 Å². The Morgan fingerprint density at radius 2 is 1.38 bits per heavy atom. The van der Waals surface area contributed by atoms with E-state index in [-0.39, 0.29) is 28.8 Å². The summed E-state index contributed by atoms with van der Waals surface area (Å²) < 4.78 is -0.661. The molecule has 248 valence electrons. The lowest BCUT2D eigenvalue weighted by Gasteiger charge is -2.32. The average Bonchev–Trinajstić information content (AvgIpc) is 3.01. The van der Waals surface area contributed by atoms with Gasteiger partial charge >= 0.3 is 5.97 Å². The van der Waals surface area contributed by atoms with Crippen molar-refractivity contribution in [2.45, 2.75) is 103 Å². The third-order valence-corrected chi connectivity index (χ3v) is 8.96. The molecule has 45 heavy (non-hydrogen) atoms. The van der Waals surface area contributed by atoms with E-state index < -0.39 is 22.7 Å². The van der Waals surface area contributed by atoms with E-state index in [4.69, 9.17) is 0 Å². The molecule has 1 rings (SSSR count). The first-order valence-electron chi connectivity index (χ1n) is 16.2. The Labute approximate surface area is 275 Å². The van der Waals surface area contributed by atoms with E-state index in [0.717, 1.165) is 44.3 Å². The lowest BCUT2D eigenvalue weighted by atomic mass is 9.98. The summed E-state index contributed by atoms with van der Waals surface area (Å²) in [4.78, 5) is 38.2. The van der Waals surface area contributed by atoms with Crippen LogP contribution in [0.4, 0.5) is 5.69 Å². The highest BCUT2D eigenvalue weighted by molar-refractivity contribution is 8.01. The van der Waals surface area contributed by atoms with E-state index in [1.807, 2.05) is 27.7 Å². The number of carbonyl (C=O) groups excluding carboxylic acids is 2. The van der Waals surface area contributed by atoms with Crippen molar-refractivity contribution >= 4 is 35.2 Å². The van der Waals surface area contributed by atoms with Gasteiger partial charge in [0.25, 0.3) is 0 Å². The van der Waals surface area contributed by atoms with E-state index in [1.54, 1.807) is 11.8 Å². The molecule has 0 saturated carbocycles. The minimum atomic E-state index is -1.30. The molecule has 1 aromatic rings. The number of hydrogen-bond acceptors (Lipinski definition) is 5. The minimum absolute atomic E-state index is 0.135. The third kappa shape index (κ3) is 15.9. The van der Waals surface area contributed by atoms with Crippen LogP contribution in [0.1, 0.15) is 103 Å². The largest absolute Gasteiger partial charge is 0.507 e. The van der Waals surface area contributed by atoms with Crippen molar-refractivity contribution in [2.24, 2.45) is 5.92 Å². The van der Waals surface area contributed by atoms with Gasteiger partial charge in [0, 0.05) is 5.69 Å². The van der Waals surface area contributed by atoms with E-state index in [0.29, 0.717) is 19.3 Å². The summed E-state index contributed by atoms with van der Waals surface area (Å²) in [5.74, 6) is -1.36. The van der Waals surface area contributed by atoms with Crippen LogP contribution in [-0.2, 0) is 9.59 Å². The SMILES string of the molecule is CCC=CCC=CCC=CCC=CCC=CCCSC(CC)(CC)C(=O)NC(CC(C)C)C(=O)Nc1ccc(O)c(C(=O)O)c1. The van der Waals surface area contributed by atoms with Gasteiger partial charge in [0.15, 0.2) is 0 Å². The topological polar surface area (TPSA) is 116 Å². The minimum Gasteiger partial charge on any atom is -0.507 e. The van der Waals surface area contributed by atoms with Gasteiger partial charge in [-0.2, -0.15) is 0 Å². The van der Waals surface area contributed by atoms with Gasteiger partial charge < -0.3 is 20.8 Å². The van der Waals surface area contributed by atoms with Crippen molar-refractivity contribution in [2.75, 3.05) is 11.1 Å². The first-order chi connectivity index (χ1) is 21.6. The number of anilines is 1. The molecule has 4 N–H and O–H groups in total. The number of rotatable bonds is 22. The Kier molecular flexibility index (Phi) is 20.1. The molecule has 2 amide bonds. The number of hydrogen-bond donors (Lipinski definition) is 4. The maximum atomic E-state index is 13.6. The molecule has 0 fully saturated rings. The normalized spacial score (nSPS) is 13.2. The first kappa shape index (κ1) is 39.5. The van der Waals surface area contributed by atoms with Crippen molar-refractivity contribution < 1.29 is 24.6 Å². The molecule has 0 heterocycles. The van der Waals surface area contributed by atoms with Crippen molar-refractivity contribution in [1.29, 1.82) is 0 Å². The number of carbonyl (C=O) groups is 3. The molecule has 0 aliphatic carbocycles. The number of carboxylic acids is 1. The van der Waals surface area contributed by atoms with Crippen molar-refractivity contribution in [1.82, 2.24) is 5.32 Å². The Hall–Kier alpha value is -3.52. The van der Waals surface area contributed by atoms with Crippen molar-refractivity contribution in [3.05, 3.63) is 84.5 Å². The molecule has 0 bridgehead atoms. The average molecular weight is 639 g/mol. The molecule has 1 atom stereocenters. The van der Waals surface area contributed by atoms with Crippen LogP contribution in [0.2, 0.25) is 0 Å². The predicted molar refractivity (Wildman–Crippen MR) is 190 cm³/mol. The smallest absolute Gasteiger partial charge is 0.339 e. The number of aromatic hydroxyl groups is 1. The molecule has 1 aromatic carbocycles. The fourth-order valence-corrected chi connectivity index (χ4v) is 5.78. The van der Waals surface area contributed by atoms with Crippen LogP contribution in [0.25, 0.3) is 0 Å². The zero-order chi connectivity index (χ0) is 33.5. The number of aromatic carboxylic acids is 1. The maximum absolute atomic E-state index is 13.6. The van der Waals surface area contributed by atoms with Crippen LogP contribution in [0, 0.1) is 5.92 Å². The lowest BCUT2D eigenvalue weighted by Crippen LogP contribution is -2.52. The molecule has 0 aliphatic rings. The standard InChI is InChI=1S/C37H54N2O5S/c1-6-9-10-11-12-13-14-15-16-17-18-19-20-21-22-23-26-45-37(7-2,8-3)36(44)39-32(27-29(4)5)34(41)38-30-24-25-33(40)31(28-30)35(42)43/h9-10,12-13,15-16,18-19,21-22,24-25,28-29,32,40H,6-8,11,14,17,20,23,26-27H2,1-5H3,(H,38,41)(H,39,44)(H,42,43). The summed E-state index contributed by atoms with van der Waals surface area (Å²) in [6.07, 6.45) is 29.1. The highest BCUT2D eigenvalue weighted by atomic mass is 32.2. The summed E-state index contributed by atoms with van der Waals surface area (Å²) in [7, 11) is 0. The Morgan fingerprint density at radius 1 is 0.844 bits per heavy atom. The van der Waals surface area contributed by atoms with Gasteiger partial charge in [-0.25, -0.2) is 4.79 Å². The van der Waals surface area contributed by atoms with Gasteiger partial charge in [0.2, 0.25) is 11.8 Å². The molecule has 0 aromatic heterocycles. The van der Waals surface area contributed by atoms with E-state index in [2.05, 4.69) is 78.3 Å². The quantitative estimate of drug-likeness (QED) is 0.0572. The molecular weight excluding hydrogens is 584 g/mol. The number of allylic oxidation sites excluding steroid dienone is 10. The van der Waals surface area contributed by atoms with Gasteiger partial charge in [0.1, 0.15) is 17.4 Å². The molecule has 0 saturated heterocycles. The molecule has 0 aliphatic heterocycles. The second-order valence-corrected chi connectivity index (χ2v) is 12.7. The maximum Gasteiger partial charge on any atom is 0.339 e. The molecule has 8 heteroatoms.